The van der Waals surface area contributed by atoms with E-state index in [1.165, 1.54) is 12.0 Å². The SMILES string of the molecule is CCCNC(c1ccccc1)C(C)OCCCC(C)C. The van der Waals surface area contributed by atoms with E-state index in [0.717, 1.165) is 31.9 Å². The number of hydrogen-bond donors (Lipinski definition) is 1. The molecule has 2 heteroatoms. The van der Waals surface area contributed by atoms with Gasteiger partial charge in [-0.05, 0) is 44.2 Å². The summed E-state index contributed by atoms with van der Waals surface area (Å²) in [5, 5.41) is 3.61. The molecule has 0 saturated heterocycles. The fourth-order valence-corrected chi connectivity index (χ4v) is 2.37. The average Bonchev–Trinajstić information content (AvgIpc) is 2.45. The first kappa shape index (κ1) is 17.2. The topological polar surface area (TPSA) is 21.3 Å². The standard InChI is InChI=1S/C18H31NO/c1-5-13-19-18(17-11-7-6-8-12-17)16(4)20-14-9-10-15(2)3/h6-8,11-12,15-16,18-19H,5,9-10,13-14H2,1-4H3. The molecular weight excluding hydrogens is 246 g/mol. The lowest BCUT2D eigenvalue weighted by molar-refractivity contribution is 0.0351. The molecule has 1 aromatic rings. The van der Waals surface area contributed by atoms with Crippen molar-refractivity contribution in [1.29, 1.82) is 0 Å². The van der Waals surface area contributed by atoms with Gasteiger partial charge in [0.2, 0.25) is 0 Å². The summed E-state index contributed by atoms with van der Waals surface area (Å²) in [6.45, 7) is 10.8. The van der Waals surface area contributed by atoms with Crippen LogP contribution in [0.1, 0.15) is 58.6 Å². The van der Waals surface area contributed by atoms with E-state index in [9.17, 15) is 0 Å². The maximum atomic E-state index is 6.04. The smallest absolute Gasteiger partial charge is 0.0741 e. The molecule has 0 aliphatic heterocycles. The lowest BCUT2D eigenvalue weighted by Gasteiger charge is -2.26. The molecule has 2 atom stereocenters. The largest absolute Gasteiger partial charge is 0.377 e. The van der Waals surface area contributed by atoms with Gasteiger partial charge >= 0.3 is 0 Å². The average molecular weight is 277 g/mol. The number of nitrogens with one attached hydrogen (secondary N) is 1. The molecule has 0 radical (unpaired) electrons. The molecule has 0 aliphatic carbocycles. The molecule has 0 aliphatic rings. The summed E-state index contributed by atoms with van der Waals surface area (Å²) in [6.07, 6.45) is 3.74. The van der Waals surface area contributed by atoms with Crippen molar-refractivity contribution in [3.05, 3.63) is 35.9 Å². The van der Waals surface area contributed by atoms with Gasteiger partial charge in [0.05, 0.1) is 12.1 Å². The van der Waals surface area contributed by atoms with Crippen LogP contribution in [0.4, 0.5) is 0 Å². The first-order valence-corrected chi connectivity index (χ1v) is 8.05. The van der Waals surface area contributed by atoms with Crippen molar-refractivity contribution in [3.8, 4) is 0 Å². The van der Waals surface area contributed by atoms with E-state index in [4.69, 9.17) is 4.74 Å². The third kappa shape index (κ3) is 6.53. The van der Waals surface area contributed by atoms with Crippen LogP contribution < -0.4 is 5.32 Å². The highest BCUT2D eigenvalue weighted by atomic mass is 16.5. The van der Waals surface area contributed by atoms with Crippen molar-refractivity contribution in [1.82, 2.24) is 5.32 Å². The molecule has 0 aromatic heterocycles. The maximum absolute atomic E-state index is 6.04. The third-order valence-electron chi connectivity index (χ3n) is 3.55. The summed E-state index contributed by atoms with van der Waals surface area (Å²) in [4.78, 5) is 0. The van der Waals surface area contributed by atoms with Crippen LogP contribution >= 0.6 is 0 Å². The van der Waals surface area contributed by atoms with Crippen LogP contribution in [0.5, 0.6) is 0 Å². The second-order valence-electron chi connectivity index (χ2n) is 5.95. The fourth-order valence-electron chi connectivity index (χ4n) is 2.37. The Balaban J connectivity index is 2.50. The second-order valence-corrected chi connectivity index (χ2v) is 5.95. The van der Waals surface area contributed by atoms with Crippen LogP contribution in [0.3, 0.4) is 0 Å². The summed E-state index contributed by atoms with van der Waals surface area (Å²) < 4.78 is 6.04. The normalized spacial score (nSPS) is 14.4. The minimum absolute atomic E-state index is 0.205. The van der Waals surface area contributed by atoms with E-state index in [-0.39, 0.29) is 12.1 Å². The van der Waals surface area contributed by atoms with Gasteiger partial charge in [-0.3, -0.25) is 0 Å². The molecule has 1 rings (SSSR count). The van der Waals surface area contributed by atoms with E-state index in [0.29, 0.717) is 0 Å². The zero-order valence-electron chi connectivity index (χ0n) is 13.6. The molecule has 0 saturated carbocycles. The van der Waals surface area contributed by atoms with Crippen molar-refractivity contribution in [2.45, 2.75) is 59.1 Å². The molecule has 20 heavy (non-hydrogen) atoms. The van der Waals surface area contributed by atoms with Gasteiger partial charge in [0.15, 0.2) is 0 Å². The zero-order chi connectivity index (χ0) is 14.8. The minimum Gasteiger partial charge on any atom is -0.377 e. The van der Waals surface area contributed by atoms with E-state index >= 15 is 0 Å². The number of hydrogen-bond acceptors (Lipinski definition) is 2. The highest BCUT2D eigenvalue weighted by molar-refractivity contribution is 5.19. The van der Waals surface area contributed by atoms with Gasteiger partial charge in [0, 0.05) is 6.61 Å². The highest BCUT2D eigenvalue weighted by Crippen LogP contribution is 2.19. The number of benzene rings is 1. The summed E-state index contributed by atoms with van der Waals surface area (Å²) >= 11 is 0. The van der Waals surface area contributed by atoms with Crippen molar-refractivity contribution in [2.75, 3.05) is 13.2 Å². The Kier molecular flexibility index (Phi) is 8.56. The van der Waals surface area contributed by atoms with Crippen molar-refractivity contribution in [3.63, 3.8) is 0 Å². The van der Waals surface area contributed by atoms with Gasteiger partial charge in [-0.1, -0.05) is 51.1 Å². The van der Waals surface area contributed by atoms with Gasteiger partial charge in [-0.2, -0.15) is 0 Å². The number of ether oxygens (including phenoxy) is 1. The maximum Gasteiger partial charge on any atom is 0.0741 e. The molecule has 0 heterocycles. The summed E-state index contributed by atoms with van der Waals surface area (Å²) in [5.41, 5.74) is 1.32. The second kappa shape index (κ2) is 9.95. The summed E-state index contributed by atoms with van der Waals surface area (Å²) in [5.74, 6) is 0.761. The quantitative estimate of drug-likeness (QED) is 0.633. The first-order valence-electron chi connectivity index (χ1n) is 8.05. The van der Waals surface area contributed by atoms with Gasteiger partial charge in [0.1, 0.15) is 0 Å². The summed E-state index contributed by atoms with van der Waals surface area (Å²) in [7, 11) is 0. The Morgan fingerprint density at radius 1 is 1.10 bits per heavy atom. The van der Waals surface area contributed by atoms with Crippen molar-refractivity contribution >= 4 is 0 Å². The van der Waals surface area contributed by atoms with Crippen LogP contribution in [0, 0.1) is 5.92 Å². The molecular formula is C18H31NO. The van der Waals surface area contributed by atoms with Crippen LogP contribution in [0.25, 0.3) is 0 Å². The molecule has 2 unspecified atom stereocenters. The van der Waals surface area contributed by atoms with Gasteiger partial charge in [-0.15, -0.1) is 0 Å². The van der Waals surface area contributed by atoms with E-state index in [1.54, 1.807) is 0 Å². The fraction of sp³-hybridized carbons (Fsp3) is 0.667. The minimum atomic E-state index is 0.205. The van der Waals surface area contributed by atoms with Crippen LogP contribution in [0.2, 0.25) is 0 Å². The van der Waals surface area contributed by atoms with E-state index in [2.05, 4.69) is 63.3 Å². The third-order valence-corrected chi connectivity index (χ3v) is 3.55. The number of rotatable bonds is 10. The molecule has 0 fully saturated rings. The Bertz CT molecular complexity index is 337. The Hall–Kier alpha value is -0.860. The monoisotopic (exact) mass is 277 g/mol. The van der Waals surface area contributed by atoms with Crippen molar-refractivity contribution < 1.29 is 4.74 Å². The molecule has 114 valence electrons. The van der Waals surface area contributed by atoms with Crippen LogP contribution in [-0.4, -0.2) is 19.3 Å². The molecule has 0 bridgehead atoms. The molecule has 2 nitrogen and oxygen atoms in total. The predicted molar refractivity (Wildman–Crippen MR) is 87.0 cm³/mol. The van der Waals surface area contributed by atoms with Crippen molar-refractivity contribution in [2.24, 2.45) is 5.92 Å². The van der Waals surface area contributed by atoms with Gasteiger partial charge in [-0.25, -0.2) is 0 Å². The highest BCUT2D eigenvalue weighted by Gasteiger charge is 2.18. The predicted octanol–water partition coefficient (Wildman–Crippen LogP) is 4.57. The lowest BCUT2D eigenvalue weighted by Crippen LogP contribution is -2.32. The van der Waals surface area contributed by atoms with Gasteiger partial charge < -0.3 is 10.1 Å². The molecule has 1 N–H and O–H groups in total. The van der Waals surface area contributed by atoms with E-state index in [1.807, 2.05) is 0 Å². The lowest BCUT2D eigenvalue weighted by atomic mass is 10.0. The molecule has 0 amide bonds. The Morgan fingerprint density at radius 3 is 2.40 bits per heavy atom. The Labute approximate surface area is 124 Å². The first-order chi connectivity index (χ1) is 9.65. The molecule has 0 spiro atoms. The van der Waals surface area contributed by atoms with Crippen LogP contribution in [-0.2, 0) is 4.74 Å². The Morgan fingerprint density at radius 2 is 1.80 bits per heavy atom. The summed E-state index contributed by atoms with van der Waals surface area (Å²) in [6, 6.07) is 10.9. The van der Waals surface area contributed by atoms with Crippen LogP contribution in [0.15, 0.2) is 30.3 Å². The van der Waals surface area contributed by atoms with E-state index < -0.39 is 0 Å². The zero-order valence-corrected chi connectivity index (χ0v) is 13.6. The van der Waals surface area contributed by atoms with Gasteiger partial charge in [0.25, 0.3) is 0 Å². The molecule has 1 aromatic carbocycles.